The molecule has 1 aliphatic rings. The van der Waals surface area contributed by atoms with Crippen LogP contribution in [0.4, 0.5) is 0 Å². The van der Waals surface area contributed by atoms with Crippen LogP contribution < -0.4 is 4.74 Å². The molecule has 0 atom stereocenters. The van der Waals surface area contributed by atoms with Crippen LogP contribution in [0.3, 0.4) is 0 Å². The Balaban J connectivity index is 1.87. The van der Waals surface area contributed by atoms with Crippen LogP contribution in [0.1, 0.15) is 44.7 Å². The lowest BCUT2D eigenvalue weighted by Crippen LogP contribution is -2.06. The minimum atomic E-state index is 0.453. The Morgan fingerprint density at radius 1 is 0.929 bits per heavy atom. The molecule has 1 aliphatic heterocycles. The van der Waals surface area contributed by atoms with E-state index in [2.05, 4.69) is 76.2 Å². The monoisotopic (exact) mass is 367 g/mol. The molecular formula is C26H25NO. The van der Waals surface area contributed by atoms with Crippen LogP contribution in [0, 0.1) is 5.92 Å². The molecule has 1 aromatic heterocycles. The molecule has 0 saturated heterocycles. The quantitative estimate of drug-likeness (QED) is 0.330. The summed E-state index contributed by atoms with van der Waals surface area (Å²) in [5.41, 5.74) is 4.75. The molecule has 0 radical (unpaired) electrons. The topological polar surface area (TPSA) is 22.1 Å². The molecule has 0 fully saturated rings. The lowest BCUT2D eigenvalue weighted by molar-refractivity contribution is 0.474. The lowest BCUT2D eigenvalue weighted by atomic mass is 9.89. The van der Waals surface area contributed by atoms with Gasteiger partial charge < -0.3 is 4.74 Å². The highest BCUT2D eigenvalue weighted by Crippen LogP contribution is 2.50. The second-order valence-corrected chi connectivity index (χ2v) is 8.58. The van der Waals surface area contributed by atoms with Gasteiger partial charge >= 0.3 is 0 Å². The van der Waals surface area contributed by atoms with Gasteiger partial charge in [0, 0.05) is 17.3 Å². The van der Waals surface area contributed by atoms with Gasteiger partial charge in [0.15, 0.2) is 0 Å². The number of fused-ring (bicyclic) bond motifs is 3. The highest BCUT2D eigenvalue weighted by molar-refractivity contribution is 6.06. The Labute approximate surface area is 166 Å². The van der Waals surface area contributed by atoms with Gasteiger partial charge in [-0.25, -0.2) is 0 Å². The summed E-state index contributed by atoms with van der Waals surface area (Å²) in [6.07, 6.45) is 2.91. The molecule has 140 valence electrons. The van der Waals surface area contributed by atoms with Gasteiger partial charge in [0.2, 0.25) is 0 Å². The number of benzene rings is 3. The molecule has 2 heterocycles. The molecular weight excluding hydrogens is 342 g/mol. The van der Waals surface area contributed by atoms with Crippen LogP contribution in [0.15, 0.2) is 54.7 Å². The van der Waals surface area contributed by atoms with Gasteiger partial charge in [-0.15, -0.1) is 0 Å². The molecule has 4 aromatic rings. The van der Waals surface area contributed by atoms with Crippen LogP contribution in [-0.2, 0) is 6.42 Å². The Kier molecular flexibility index (Phi) is 3.90. The van der Waals surface area contributed by atoms with E-state index in [4.69, 9.17) is 9.72 Å². The Morgan fingerprint density at radius 2 is 1.75 bits per heavy atom. The molecule has 0 unspecified atom stereocenters. The van der Waals surface area contributed by atoms with Crippen molar-refractivity contribution in [2.24, 2.45) is 5.92 Å². The average Bonchev–Trinajstić information content (AvgIpc) is 2.68. The average molecular weight is 367 g/mol. The molecule has 28 heavy (non-hydrogen) atoms. The first-order valence-electron chi connectivity index (χ1n) is 10.2. The number of nitrogens with zero attached hydrogens (tertiary/aromatic N) is 1. The highest BCUT2D eigenvalue weighted by atomic mass is 16.5. The maximum Gasteiger partial charge on any atom is 0.140 e. The lowest BCUT2D eigenvalue weighted by Gasteiger charge is -2.26. The van der Waals surface area contributed by atoms with E-state index in [0.717, 1.165) is 34.6 Å². The summed E-state index contributed by atoms with van der Waals surface area (Å²) in [5.74, 6) is 2.93. The third kappa shape index (κ3) is 2.59. The van der Waals surface area contributed by atoms with Gasteiger partial charge in [0.05, 0.1) is 11.1 Å². The smallest absolute Gasteiger partial charge is 0.140 e. The molecule has 0 saturated carbocycles. The van der Waals surface area contributed by atoms with E-state index >= 15 is 0 Å². The normalized spacial score (nSPS) is 12.6. The Morgan fingerprint density at radius 3 is 2.54 bits per heavy atom. The number of aromatic nitrogens is 1. The van der Waals surface area contributed by atoms with Gasteiger partial charge in [-0.05, 0) is 58.2 Å². The number of ether oxygens (including phenoxy) is 1. The van der Waals surface area contributed by atoms with E-state index in [-0.39, 0.29) is 0 Å². The molecule has 5 rings (SSSR count). The van der Waals surface area contributed by atoms with Crippen LogP contribution >= 0.6 is 0 Å². The number of hydrogen-bond donors (Lipinski definition) is 0. The number of pyridine rings is 1. The fourth-order valence-corrected chi connectivity index (χ4v) is 4.34. The van der Waals surface area contributed by atoms with Crippen molar-refractivity contribution >= 4 is 21.5 Å². The zero-order chi connectivity index (χ0) is 19.4. The molecule has 0 N–H and O–H groups in total. The Hall–Kier alpha value is -2.87. The van der Waals surface area contributed by atoms with Crippen molar-refractivity contribution in [1.82, 2.24) is 4.98 Å². The first-order valence-corrected chi connectivity index (χ1v) is 10.2. The maximum absolute atomic E-state index is 6.64. The third-order valence-electron chi connectivity index (χ3n) is 5.70. The fraction of sp³-hybridized carbons (Fsp3) is 0.269. The van der Waals surface area contributed by atoms with E-state index in [9.17, 15) is 0 Å². The summed E-state index contributed by atoms with van der Waals surface area (Å²) in [6, 6.07) is 17.4. The minimum Gasteiger partial charge on any atom is -0.456 e. The predicted octanol–water partition coefficient (Wildman–Crippen LogP) is 7.48. The molecule has 3 aromatic carbocycles. The first kappa shape index (κ1) is 17.2. The number of hydrogen-bond acceptors (Lipinski definition) is 2. The molecule has 0 bridgehead atoms. The first-order chi connectivity index (χ1) is 13.5. The highest BCUT2D eigenvalue weighted by Gasteiger charge is 2.26. The summed E-state index contributed by atoms with van der Waals surface area (Å²) >= 11 is 0. The summed E-state index contributed by atoms with van der Waals surface area (Å²) in [7, 11) is 0. The SMILES string of the molecule is CC(C)Cc1c2c(cc3ccccc13)-c1nccc3cc(C(C)C)cc(c13)O2. The molecule has 0 spiro atoms. The zero-order valence-electron chi connectivity index (χ0n) is 16.9. The maximum atomic E-state index is 6.64. The minimum absolute atomic E-state index is 0.453. The van der Waals surface area contributed by atoms with Gasteiger partial charge in [0.1, 0.15) is 11.5 Å². The standard InChI is InChI=1S/C26H25NO/c1-15(2)11-21-20-8-6-5-7-17(20)13-22-25-24-18(9-10-27-25)12-19(16(3)4)14-23(24)28-26(21)22/h5-10,12-16H,11H2,1-4H3. The van der Waals surface area contributed by atoms with Crippen molar-refractivity contribution < 1.29 is 4.74 Å². The van der Waals surface area contributed by atoms with Crippen LogP contribution in [0.2, 0.25) is 0 Å². The van der Waals surface area contributed by atoms with E-state index in [1.807, 2.05) is 6.20 Å². The van der Waals surface area contributed by atoms with Crippen molar-refractivity contribution in [1.29, 1.82) is 0 Å². The van der Waals surface area contributed by atoms with Gasteiger partial charge in [-0.2, -0.15) is 0 Å². The van der Waals surface area contributed by atoms with Crippen LogP contribution in [-0.4, -0.2) is 4.98 Å². The zero-order valence-corrected chi connectivity index (χ0v) is 16.9. The molecule has 0 amide bonds. The second kappa shape index (κ2) is 6.34. The predicted molar refractivity (Wildman–Crippen MR) is 117 cm³/mol. The van der Waals surface area contributed by atoms with E-state index in [1.165, 1.54) is 27.3 Å². The van der Waals surface area contributed by atoms with Crippen LogP contribution in [0.5, 0.6) is 11.5 Å². The van der Waals surface area contributed by atoms with Gasteiger partial charge in [-0.1, -0.05) is 58.0 Å². The second-order valence-electron chi connectivity index (χ2n) is 8.58. The molecule has 2 nitrogen and oxygen atoms in total. The van der Waals surface area contributed by atoms with Crippen molar-refractivity contribution in [3.05, 3.63) is 65.9 Å². The van der Waals surface area contributed by atoms with E-state index in [0.29, 0.717) is 11.8 Å². The number of rotatable bonds is 3. The fourth-order valence-electron chi connectivity index (χ4n) is 4.34. The van der Waals surface area contributed by atoms with Crippen molar-refractivity contribution in [3.8, 4) is 22.8 Å². The molecule has 0 aliphatic carbocycles. The summed E-state index contributed by atoms with van der Waals surface area (Å²) in [4.78, 5) is 4.80. The van der Waals surface area contributed by atoms with E-state index < -0.39 is 0 Å². The Bertz CT molecular complexity index is 1220. The third-order valence-corrected chi connectivity index (χ3v) is 5.70. The van der Waals surface area contributed by atoms with E-state index in [1.54, 1.807) is 0 Å². The molecule has 2 heteroatoms. The van der Waals surface area contributed by atoms with Crippen molar-refractivity contribution in [3.63, 3.8) is 0 Å². The summed E-state index contributed by atoms with van der Waals surface area (Å²) < 4.78 is 6.64. The van der Waals surface area contributed by atoms with Crippen LogP contribution in [0.25, 0.3) is 32.8 Å². The van der Waals surface area contributed by atoms with Crippen molar-refractivity contribution in [2.75, 3.05) is 0 Å². The van der Waals surface area contributed by atoms with Crippen molar-refractivity contribution in [2.45, 2.75) is 40.0 Å². The van der Waals surface area contributed by atoms with Gasteiger partial charge in [-0.3, -0.25) is 4.98 Å². The van der Waals surface area contributed by atoms with Gasteiger partial charge in [0.25, 0.3) is 0 Å². The summed E-state index contributed by atoms with van der Waals surface area (Å²) in [6.45, 7) is 8.98. The summed E-state index contributed by atoms with van der Waals surface area (Å²) in [5, 5.41) is 4.87. The largest absolute Gasteiger partial charge is 0.456 e.